The summed E-state index contributed by atoms with van der Waals surface area (Å²) in [5.41, 5.74) is -0.0414. The Kier molecular flexibility index (Phi) is 3.28. The second-order valence-electron chi connectivity index (χ2n) is 4.17. The lowest BCUT2D eigenvalue weighted by Crippen LogP contribution is -2.17. The molecule has 0 aliphatic rings. The molecule has 0 bridgehead atoms. The van der Waals surface area contributed by atoms with Crippen LogP contribution in [0, 0.1) is 25.5 Å². The third-order valence-corrected chi connectivity index (χ3v) is 2.81. The van der Waals surface area contributed by atoms with E-state index in [4.69, 9.17) is 0 Å². The van der Waals surface area contributed by atoms with Crippen LogP contribution in [0.2, 0.25) is 0 Å². The highest BCUT2D eigenvalue weighted by Crippen LogP contribution is 2.15. The predicted molar refractivity (Wildman–Crippen MR) is 64.8 cm³/mol. The highest BCUT2D eigenvalue weighted by molar-refractivity contribution is 6.03. The summed E-state index contributed by atoms with van der Waals surface area (Å²) in [7, 11) is 1.66. The quantitative estimate of drug-likeness (QED) is 0.904. The van der Waals surface area contributed by atoms with Crippen molar-refractivity contribution in [2.45, 2.75) is 13.8 Å². The fraction of sp³-hybridized carbons (Fsp3) is 0.250. The summed E-state index contributed by atoms with van der Waals surface area (Å²) in [6.45, 7) is 3.17. The van der Waals surface area contributed by atoms with Crippen molar-refractivity contribution in [3.63, 3.8) is 0 Å². The summed E-state index contributed by atoms with van der Waals surface area (Å²) in [5.74, 6) is -1.51. The summed E-state index contributed by atoms with van der Waals surface area (Å²) in [5, 5.41) is 9.92. The molecule has 0 saturated carbocycles. The molecule has 2 aromatic rings. The van der Waals surface area contributed by atoms with Gasteiger partial charge in [0.05, 0.1) is 5.56 Å². The number of aryl methyl sites for hydroxylation is 2. The van der Waals surface area contributed by atoms with Gasteiger partial charge in [-0.25, -0.2) is 8.78 Å². The van der Waals surface area contributed by atoms with Crippen LogP contribution >= 0.6 is 0 Å². The first-order chi connectivity index (χ1) is 8.90. The number of amides is 1. The third-order valence-electron chi connectivity index (χ3n) is 2.81. The Morgan fingerprint density at radius 1 is 1.21 bits per heavy atom. The van der Waals surface area contributed by atoms with E-state index in [0.717, 1.165) is 6.07 Å². The van der Waals surface area contributed by atoms with Crippen molar-refractivity contribution < 1.29 is 13.6 Å². The van der Waals surface area contributed by atoms with Gasteiger partial charge in [0.25, 0.3) is 5.91 Å². The van der Waals surface area contributed by atoms with Crippen molar-refractivity contribution in [1.82, 2.24) is 14.8 Å². The Balaban J connectivity index is 2.30. The molecule has 1 amide bonds. The number of benzene rings is 1. The minimum Gasteiger partial charge on any atom is -0.300 e. The Hall–Kier alpha value is -2.31. The van der Waals surface area contributed by atoms with Crippen molar-refractivity contribution in [1.29, 1.82) is 0 Å². The van der Waals surface area contributed by atoms with Gasteiger partial charge in [-0.3, -0.25) is 10.1 Å². The molecule has 19 heavy (non-hydrogen) atoms. The minimum absolute atomic E-state index is 0.195. The van der Waals surface area contributed by atoms with Gasteiger partial charge in [0.15, 0.2) is 0 Å². The van der Waals surface area contributed by atoms with Gasteiger partial charge in [-0.05, 0) is 25.5 Å². The highest BCUT2D eigenvalue weighted by atomic mass is 19.1. The van der Waals surface area contributed by atoms with E-state index in [1.165, 1.54) is 6.92 Å². The van der Waals surface area contributed by atoms with Crippen molar-refractivity contribution in [3.8, 4) is 0 Å². The lowest BCUT2D eigenvalue weighted by Gasteiger charge is -2.07. The Labute approximate surface area is 108 Å². The van der Waals surface area contributed by atoms with Crippen LogP contribution in [0.25, 0.3) is 0 Å². The Morgan fingerprint density at radius 3 is 2.47 bits per heavy atom. The summed E-state index contributed by atoms with van der Waals surface area (Å²) >= 11 is 0. The van der Waals surface area contributed by atoms with Gasteiger partial charge >= 0.3 is 0 Å². The number of hydrogen-bond donors (Lipinski definition) is 1. The zero-order chi connectivity index (χ0) is 14.2. The molecule has 7 heteroatoms. The van der Waals surface area contributed by atoms with Crippen molar-refractivity contribution in [3.05, 3.63) is 40.7 Å². The largest absolute Gasteiger partial charge is 0.300 e. The molecule has 1 aromatic carbocycles. The van der Waals surface area contributed by atoms with E-state index in [9.17, 15) is 13.6 Å². The molecular weight excluding hydrogens is 254 g/mol. The van der Waals surface area contributed by atoms with Gasteiger partial charge in [-0.2, -0.15) is 0 Å². The zero-order valence-electron chi connectivity index (χ0n) is 10.7. The fourth-order valence-electron chi connectivity index (χ4n) is 1.52. The summed E-state index contributed by atoms with van der Waals surface area (Å²) in [6.07, 6.45) is 0. The van der Waals surface area contributed by atoms with Gasteiger partial charge in [-0.15, -0.1) is 10.2 Å². The smallest absolute Gasteiger partial charge is 0.261 e. The first kappa shape index (κ1) is 13.1. The van der Waals surface area contributed by atoms with Crippen LogP contribution in [0.3, 0.4) is 0 Å². The van der Waals surface area contributed by atoms with Crippen molar-refractivity contribution in [2.75, 3.05) is 5.32 Å². The first-order valence-corrected chi connectivity index (χ1v) is 5.53. The summed E-state index contributed by atoms with van der Waals surface area (Å²) in [6, 6.07) is 1.84. The molecule has 2 rings (SSSR count). The van der Waals surface area contributed by atoms with Crippen molar-refractivity contribution >= 4 is 11.9 Å². The molecule has 1 heterocycles. The number of nitrogens with zero attached hydrogens (tertiary/aromatic N) is 3. The second kappa shape index (κ2) is 4.75. The van der Waals surface area contributed by atoms with Gasteiger partial charge in [0, 0.05) is 13.1 Å². The topological polar surface area (TPSA) is 59.8 Å². The maximum absolute atomic E-state index is 13.5. The monoisotopic (exact) mass is 266 g/mol. The molecule has 0 aliphatic carbocycles. The van der Waals surface area contributed by atoms with Crippen molar-refractivity contribution in [2.24, 2.45) is 7.05 Å². The molecule has 0 spiro atoms. The number of carbonyl (C=O) groups excluding carboxylic acids is 1. The molecule has 1 aromatic heterocycles. The van der Waals surface area contributed by atoms with Crippen LogP contribution in [0.4, 0.5) is 14.7 Å². The van der Waals surface area contributed by atoms with Gasteiger partial charge in [0.1, 0.15) is 17.5 Å². The number of carbonyl (C=O) groups is 1. The van der Waals surface area contributed by atoms with Gasteiger partial charge in [0.2, 0.25) is 5.95 Å². The summed E-state index contributed by atoms with van der Waals surface area (Å²) in [4.78, 5) is 11.9. The maximum Gasteiger partial charge on any atom is 0.261 e. The standard InChI is InChI=1S/C12H12F2N4O/c1-6-4-8(10(14)5-9(6)13)11(19)15-12-17-16-7(2)18(12)3/h4-5H,1-3H3,(H,15,17,19). The minimum atomic E-state index is -0.917. The van der Waals surface area contributed by atoms with E-state index >= 15 is 0 Å². The van der Waals surface area contributed by atoms with Crippen LogP contribution in [0.5, 0.6) is 0 Å². The average molecular weight is 266 g/mol. The number of aromatic nitrogens is 3. The molecule has 5 nitrogen and oxygen atoms in total. The second-order valence-corrected chi connectivity index (χ2v) is 4.17. The molecular formula is C12H12F2N4O. The van der Waals surface area contributed by atoms with Crippen LogP contribution < -0.4 is 5.32 Å². The Morgan fingerprint density at radius 2 is 1.89 bits per heavy atom. The van der Waals surface area contributed by atoms with E-state index in [1.807, 2.05) is 0 Å². The number of nitrogens with one attached hydrogen (secondary N) is 1. The lowest BCUT2D eigenvalue weighted by molar-refractivity contribution is 0.102. The molecule has 0 saturated heterocycles. The molecule has 0 fully saturated rings. The van der Waals surface area contributed by atoms with Gasteiger partial charge in [-0.1, -0.05) is 0 Å². The summed E-state index contributed by atoms with van der Waals surface area (Å²) < 4.78 is 28.2. The van der Waals surface area contributed by atoms with Crippen LogP contribution in [0.15, 0.2) is 12.1 Å². The normalized spacial score (nSPS) is 10.6. The SMILES string of the molecule is Cc1cc(C(=O)Nc2nnc(C)n2C)c(F)cc1F. The third kappa shape index (κ3) is 2.44. The highest BCUT2D eigenvalue weighted by Gasteiger charge is 2.17. The molecule has 0 atom stereocenters. The number of hydrogen-bond acceptors (Lipinski definition) is 3. The van der Waals surface area contributed by atoms with Crippen LogP contribution in [-0.4, -0.2) is 20.7 Å². The molecule has 1 N–H and O–H groups in total. The van der Waals surface area contributed by atoms with Crippen LogP contribution in [-0.2, 0) is 7.05 Å². The first-order valence-electron chi connectivity index (χ1n) is 5.53. The zero-order valence-corrected chi connectivity index (χ0v) is 10.7. The number of anilines is 1. The number of rotatable bonds is 2. The van der Waals surface area contributed by atoms with Gasteiger partial charge < -0.3 is 4.57 Å². The van der Waals surface area contributed by atoms with E-state index in [2.05, 4.69) is 15.5 Å². The van der Waals surface area contributed by atoms with E-state index in [0.29, 0.717) is 11.9 Å². The molecule has 0 radical (unpaired) electrons. The molecule has 0 aliphatic heterocycles. The van der Waals surface area contributed by atoms with E-state index in [1.54, 1.807) is 18.5 Å². The Bertz CT molecular complexity index is 651. The van der Waals surface area contributed by atoms with E-state index < -0.39 is 17.5 Å². The maximum atomic E-state index is 13.5. The molecule has 0 unspecified atom stereocenters. The fourth-order valence-corrected chi connectivity index (χ4v) is 1.52. The number of halogens is 2. The predicted octanol–water partition coefficient (Wildman–Crippen LogP) is 1.96. The van der Waals surface area contributed by atoms with E-state index in [-0.39, 0.29) is 17.1 Å². The molecule has 100 valence electrons. The average Bonchev–Trinajstić information content (AvgIpc) is 2.65. The van der Waals surface area contributed by atoms with Crippen LogP contribution in [0.1, 0.15) is 21.7 Å². The lowest BCUT2D eigenvalue weighted by atomic mass is 10.1.